The van der Waals surface area contributed by atoms with Crippen LogP contribution in [0.1, 0.15) is 32.4 Å². The summed E-state index contributed by atoms with van der Waals surface area (Å²) in [4.78, 5) is 6.44. The smallest absolute Gasteiger partial charge is 0.141 e. The summed E-state index contributed by atoms with van der Waals surface area (Å²) >= 11 is 0. The normalized spacial score (nSPS) is 10.1. The number of nitrogen functional groups attached to an aromatic ring is 1. The van der Waals surface area contributed by atoms with E-state index in [1.54, 1.807) is 12.3 Å². The van der Waals surface area contributed by atoms with E-state index in [0.29, 0.717) is 5.69 Å². The second kappa shape index (κ2) is 6.10. The molecule has 0 spiro atoms. The van der Waals surface area contributed by atoms with E-state index in [2.05, 4.69) is 23.7 Å². The van der Waals surface area contributed by atoms with E-state index in [1.165, 1.54) is 12.8 Å². The quantitative estimate of drug-likeness (QED) is 0.569. The molecule has 1 aromatic rings. The summed E-state index contributed by atoms with van der Waals surface area (Å²) in [7, 11) is 0. The van der Waals surface area contributed by atoms with E-state index in [9.17, 15) is 0 Å². The van der Waals surface area contributed by atoms with E-state index in [-0.39, 0.29) is 5.84 Å². The van der Waals surface area contributed by atoms with Crippen molar-refractivity contribution in [3.05, 3.63) is 24.0 Å². The van der Waals surface area contributed by atoms with Gasteiger partial charge in [0.2, 0.25) is 0 Å². The van der Waals surface area contributed by atoms with Crippen LogP contribution in [0.15, 0.2) is 18.3 Å². The van der Waals surface area contributed by atoms with E-state index in [1.807, 2.05) is 6.07 Å². The van der Waals surface area contributed by atoms with E-state index >= 15 is 0 Å². The maximum Gasteiger partial charge on any atom is 0.141 e. The van der Waals surface area contributed by atoms with Crippen LogP contribution in [0.25, 0.3) is 0 Å². The maximum atomic E-state index is 7.27. The third-order valence-electron chi connectivity index (χ3n) is 2.55. The molecule has 0 atom stereocenters. The lowest BCUT2D eigenvalue weighted by Gasteiger charge is -2.22. The lowest BCUT2D eigenvalue weighted by molar-refractivity contribution is 0.731. The summed E-state index contributed by atoms with van der Waals surface area (Å²) in [6.07, 6.45) is 4.16. The van der Waals surface area contributed by atoms with Crippen molar-refractivity contribution in [3.8, 4) is 0 Å². The van der Waals surface area contributed by atoms with Crippen LogP contribution in [0.5, 0.6) is 0 Å². The summed E-state index contributed by atoms with van der Waals surface area (Å²) in [6.45, 7) is 6.34. The number of hydrogen-bond donors (Lipinski definition) is 2. The van der Waals surface area contributed by atoms with Crippen molar-refractivity contribution < 1.29 is 0 Å². The minimum atomic E-state index is 0.0168. The van der Waals surface area contributed by atoms with Crippen molar-refractivity contribution in [2.45, 2.75) is 26.7 Å². The Bertz CT molecular complexity index is 331. The predicted molar refractivity (Wildman–Crippen MR) is 68.0 cm³/mol. The zero-order chi connectivity index (χ0) is 12.0. The molecule has 0 saturated carbocycles. The second-order valence-electron chi connectivity index (χ2n) is 3.75. The van der Waals surface area contributed by atoms with Gasteiger partial charge in [-0.25, -0.2) is 0 Å². The molecular formula is C12H20N4. The molecule has 0 aliphatic rings. The number of hydrogen-bond acceptors (Lipinski definition) is 3. The minimum Gasteiger partial charge on any atom is -0.382 e. The number of pyridine rings is 1. The molecule has 4 heteroatoms. The minimum absolute atomic E-state index is 0.0168. The van der Waals surface area contributed by atoms with Gasteiger partial charge in [0.25, 0.3) is 0 Å². The van der Waals surface area contributed by atoms with E-state index < -0.39 is 0 Å². The standard InChI is InChI=1S/C12H20N4/c1-3-5-8-16(4-2)10-6-7-11(12(13)14)15-9-10/h6-7,9H,3-5,8H2,1-2H3,(H3,13,14). The molecule has 0 radical (unpaired) electrons. The SMILES string of the molecule is CCCCN(CC)c1ccc(C(=N)N)nc1. The van der Waals surface area contributed by atoms with Crippen molar-refractivity contribution in [2.75, 3.05) is 18.0 Å². The molecule has 1 rings (SSSR count). The van der Waals surface area contributed by atoms with Gasteiger partial charge < -0.3 is 10.6 Å². The fourth-order valence-corrected chi connectivity index (χ4v) is 1.55. The van der Waals surface area contributed by atoms with Crippen molar-refractivity contribution in [1.29, 1.82) is 5.41 Å². The molecule has 4 nitrogen and oxygen atoms in total. The largest absolute Gasteiger partial charge is 0.382 e. The first kappa shape index (κ1) is 12.5. The molecule has 0 amide bonds. The Hall–Kier alpha value is -1.58. The average molecular weight is 220 g/mol. The highest BCUT2D eigenvalue weighted by Gasteiger charge is 2.04. The Morgan fingerprint density at radius 2 is 2.19 bits per heavy atom. The molecule has 0 fully saturated rings. The summed E-state index contributed by atoms with van der Waals surface area (Å²) in [5.41, 5.74) is 7.00. The van der Waals surface area contributed by atoms with Gasteiger partial charge in [-0.15, -0.1) is 0 Å². The monoisotopic (exact) mass is 220 g/mol. The highest BCUT2D eigenvalue weighted by atomic mass is 15.1. The molecular weight excluding hydrogens is 200 g/mol. The summed E-state index contributed by atoms with van der Waals surface area (Å²) < 4.78 is 0. The number of amidine groups is 1. The van der Waals surface area contributed by atoms with E-state index in [4.69, 9.17) is 11.1 Å². The molecule has 1 aromatic heterocycles. The Balaban J connectivity index is 2.74. The zero-order valence-electron chi connectivity index (χ0n) is 10.0. The average Bonchev–Trinajstić information content (AvgIpc) is 2.30. The van der Waals surface area contributed by atoms with Crippen LogP contribution in [0.4, 0.5) is 5.69 Å². The zero-order valence-corrected chi connectivity index (χ0v) is 10.0. The fraction of sp³-hybridized carbons (Fsp3) is 0.500. The second-order valence-corrected chi connectivity index (χ2v) is 3.75. The lowest BCUT2D eigenvalue weighted by Crippen LogP contribution is -2.24. The topological polar surface area (TPSA) is 66.0 Å². The van der Waals surface area contributed by atoms with Crippen LogP contribution in [-0.4, -0.2) is 23.9 Å². The first-order valence-electron chi connectivity index (χ1n) is 5.74. The summed E-state index contributed by atoms with van der Waals surface area (Å²) in [5.74, 6) is 0.0168. The molecule has 88 valence electrons. The highest BCUT2D eigenvalue weighted by molar-refractivity contribution is 5.93. The van der Waals surface area contributed by atoms with Crippen LogP contribution < -0.4 is 10.6 Å². The van der Waals surface area contributed by atoms with Crippen LogP contribution >= 0.6 is 0 Å². The van der Waals surface area contributed by atoms with Gasteiger partial charge in [-0.05, 0) is 25.5 Å². The number of nitrogens with zero attached hydrogens (tertiary/aromatic N) is 2. The van der Waals surface area contributed by atoms with Gasteiger partial charge in [-0.1, -0.05) is 13.3 Å². The van der Waals surface area contributed by atoms with Crippen molar-refractivity contribution in [3.63, 3.8) is 0 Å². The van der Waals surface area contributed by atoms with Gasteiger partial charge in [0.1, 0.15) is 11.5 Å². The molecule has 1 heterocycles. The fourth-order valence-electron chi connectivity index (χ4n) is 1.55. The number of rotatable bonds is 6. The van der Waals surface area contributed by atoms with Crippen molar-refractivity contribution >= 4 is 11.5 Å². The molecule has 0 aliphatic carbocycles. The summed E-state index contributed by atoms with van der Waals surface area (Å²) in [5, 5.41) is 7.27. The molecule has 0 saturated heterocycles. The molecule has 0 aliphatic heterocycles. The Labute approximate surface area is 97.0 Å². The van der Waals surface area contributed by atoms with Gasteiger partial charge in [0, 0.05) is 13.1 Å². The van der Waals surface area contributed by atoms with Gasteiger partial charge in [0.05, 0.1) is 11.9 Å². The third-order valence-corrected chi connectivity index (χ3v) is 2.55. The first-order chi connectivity index (χ1) is 7.69. The van der Waals surface area contributed by atoms with Crippen LogP contribution in [0.3, 0.4) is 0 Å². The van der Waals surface area contributed by atoms with Crippen molar-refractivity contribution in [1.82, 2.24) is 4.98 Å². The van der Waals surface area contributed by atoms with Crippen LogP contribution in [0, 0.1) is 5.41 Å². The maximum absolute atomic E-state index is 7.27. The van der Waals surface area contributed by atoms with Crippen molar-refractivity contribution in [2.24, 2.45) is 5.73 Å². The van der Waals surface area contributed by atoms with Gasteiger partial charge in [-0.2, -0.15) is 0 Å². The third kappa shape index (κ3) is 3.22. The molecule has 16 heavy (non-hydrogen) atoms. The number of nitrogens with two attached hydrogens (primary N) is 1. The number of unbranched alkanes of at least 4 members (excludes halogenated alkanes) is 1. The Morgan fingerprint density at radius 3 is 2.62 bits per heavy atom. The molecule has 0 bridgehead atoms. The predicted octanol–water partition coefficient (Wildman–Crippen LogP) is 1.99. The molecule has 3 N–H and O–H groups in total. The van der Waals surface area contributed by atoms with Gasteiger partial charge in [-0.3, -0.25) is 10.4 Å². The molecule has 0 unspecified atom stereocenters. The number of anilines is 1. The first-order valence-corrected chi connectivity index (χ1v) is 5.74. The summed E-state index contributed by atoms with van der Waals surface area (Å²) in [6, 6.07) is 3.77. The highest BCUT2D eigenvalue weighted by Crippen LogP contribution is 2.13. The molecule has 0 aromatic carbocycles. The Morgan fingerprint density at radius 1 is 1.44 bits per heavy atom. The van der Waals surface area contributed by atoms with Crippen LogP contribution in [0.2, 0.25) is 0 Å². The van der Waals surface area contributed by atoms with Crippen LogP contribution in [-0.2, 0) is 0 Å². The van der Waals surface area contributed by atoms with Gasteiger partial charge >= 0.3 is 0 Å². The Kier molecular flexibility index (Phi) is 4.76. The lowest BCUT2D eigenvalue weighted by atomic mass is 10.2. The number of aromatic nitrogens is 1. The number of nitrogens with one attached hydrogen (secondary N) is 1. The van der Waals surface area contributed by atoms with Gasteiger partial charge in [0.15, 0.2) is 0 Å². The van der Waals surface area contributed by atoms with E-state index in [0.717, 1.165) is 18.8 Å².